The summed E-state index contributed by atoms with van der Waals surface area (Å²) < 4.78 is 45.7. The highest BCUT2D eigenvalue weighted by atomic mass is 19.4. The van der Waals surface area contributed by atoms with Crippen molar-refractivity contribution in [3.63, 3.8) is 0 Å². The molecular formula is C29H37F3N4O4. The first-order valence-electron chi connectivity index (χ1n) is 13.7. The van der Waals surface area contributed by atoms with Gasteiger partial charge in [0.15, 0.2) is 0 Å². The first kappa shape index (κ1) is 29.6. The third-order valence-electron chi connectivity index (χ3n) is 7.72. The fraction of sp³-hybridized carbons (Fsp3) is 0.552. The lowest BCUT2D eigenvalue weighted by Gasteiger charge is -2.37. The van der Waals surface area contributed by atoms with E-state index in [1.165, 1.54) is 11.6 Å². The average molecular weight is 563 g/mol. The molecule has 1 saturated heterocycles. The maximum absolute atomic E-state index is 13.3. The molecule has 0 atom stereocenters. The number of hydrogen-bond acceptors (Lipinski definition) is 6. The number of nitrogens with one attached hydrogen (secondary N) is 1. The molecular weight excluding hydrogens is 525 g/mol. The van der Waals surface area contributed by atoms with E-state index in [9.17, 15) is 28.1 Å². The Labute approximate surface area is 232 Å². The summed E-state index contributed by atoms with van der Waals surface area (Å²) in [4.78, 5) is 26.8. The second-order valence-electron chi connectivity index (χ2n) is 11.6. The Balaban J connectivity index is 1.19. The Kier molecular flexibility index (Phi) is 8.92. The minimum atomic E-state index is -4.82. The molecule has 8 nitrogen and oxygen atoms in total. The first-order chi connectivity index (χ1) is 18.8. The predicted molar refractivity (Wildman–Crippen MR) is 148 cm³/mol. The summed E-state index contributed by atoms with van der Waals surface area (Å²) in [7, 11) is 0. The molecule has 2 fully saturated rings. The first-order valence-corrected chi connectivity index (χ1v) is 13.7. The van der Waals surface area contributed by atoms with Crippen molar-refractivity contribution in [1.82, 2.24) is 4.90 Å². The standard InChI is InChI=1S/C29H37F3N4O4/c1-28(2,3)20-4-9-23(10-5-20)34-14-16-35(17-15-34)27(37)19-40-24-11-6-21(7-12-24)33-22-8-13-26(36(38)39)25(18-22)29(30,31)32/h4-5,8-10,13,18,21,24,33H,6-7,11-12,14-17,19H2,1-3H3/t21-,24-. The molecule has 0 unspecified atom stereocenters. The average Bonchev–Trinajstić information content (AvgIpc) is 2.91. The lowest BCUT2D eigenvalue weighted by molar-refractivity contribution is -0.388. The van der Waals surface area contributed by atoms with Gasteiger partial charge in [0.05, 0.1) is 11.0 Å². The highest BCUT2D eigenvalue weighted by Crippen LogP contribution is 2.38. The number of nitro groups is 1. The molecule has 2 aromatic rings. The van der Waals surface area contributed by atoms with E-state index in [0.717, 1.165) is 30.9 Å². The van der Waals surface area contributed by atoms with E-state index in [1.54, 1.807) is 0 Å². The molecule has 40 heavy (non-hydrogen) atoms. The minimum Gasteiger partial charge on any atom is -0.382 e. The quantitative estimate of drug-likeness (QED) is 0.329. The number of ether oxygens (including phenoxy) is 1. The number of anilines is 2. The number of halogens is 3. The Morgan fingerprint density at radius 2 is 1.62 bits per heavy atom. The van der Waals surface area contributed by atoms with E-state index in [0.29, 0.717) is 38.8 Å². The van der Waals surface area contributed by atoms with Gasteiger partial charge >= 0.3 is 6.18 Å². The summed E-state index contributed by atoms with van der Waals surface area (Å²) in [5.41, 5.74) is 0.516. The van der Waals surface area contributed by atoms with Gasteiger partial charge in [-0.2, -0.15) is 13.2 Å². The summed E-state index contributed by atoms with van der Waals surface area (Å²) in [6, 6.07) is 11.5. The van der Waals surface area contributed by atoms with Crippen molar-refractivity contribution >= 4 is 23.0 Å². The van der Waals surface area contributed by atoms with Gasteiger partial charge in [0.1, 0.15) is 12.2 Å². The van der Waals surface area contributed by atoms with E-state index >= 15 is 0 Å². The number of nitrogens with zero attached hydrogens (tertiary/aromatic N) is 3. The second-order valence-corrected chi connectivity index (χ2v) is 11.6. The zero-order valence-corrected chi connectivity index (χ0v) is 23.2. The molecule has 218 valence electrons. The number of nitro benzene ring substituents is 1. The SMILES string of the molecule is CC(C)(C)c1ccc(N2CCN(C(=O)CO[C@H]3CC[C@H](Nc4ccc([N+](=O)[O-])c(C(F)(F)F)c4)CC3)CC2)cc1. The van der Waals surface area contributed by atoms with Crippen LogP contribution in [0.4, 0.5) is 30.2 Å². The van der Waals surface area contributed by atoms with Gasteiger partial charge in [-0.05, 0) is 60.9 Å². The van der Waals surface area contributed by atoms with Crippen molar-refractivity contribution in [2.75, 3.05) is 43.0 Å². The number of carbonyl (C=O) groups excluding carboxylic acids is 1. The zero-order chi connectivity index (χ0) is 29.1. The van der Waals surface area contributed by atoms with Crippen LogP contribution in [0.1, 0.15) is 57.6 Å². The normalized spacial score (nSPS) is 20.4. The summed E-state index contributed by atoms with van der Waals surface area (Å²) in [5, 5.41) is 14.0. The van der Waals surface area contributed by atoms with Gasteiger partial charge in [-0.3, -0.25) is 14.9 Å². The van der Waals surface area contributed by atoms with E-state index in [2.05, 4.69) is 55.3 Å². The van der Waals surface area contributed by atoms with Crippen LogP contribution in [0.3, 0.4) is 0 Å². The van der Waals surface area contributed by atoms with E-state index in [4.69, 9.17) is 4.74 Å². The molecule has 1 saturated carbocycles. The van der Waals surface area contributed by atoms with E-state index in [-0.39, 0.29) is 35.8 Å². The van der Waals surface area contributed by atoms with Crippen LogP contribution in [0.25, 0.3) is 0 Å². The molecule has 2 aromatic carbocycles. The van der Waals surface area contributed by atoms with Crippen LogP contribution < -0.4 is 10.2 Å². The lowest BCUT2D eigenvalue weighted by Crippen LogP contribution is -2.50. The van der Waals surface area contributed by atoms with Crippen LogP contribution in [0.2, 0.25) is 0 Å². The van der Waals surface area contributed by atoms with E-state index in [1.807, 2.05) is 4.90 Å². The molecule has 1 aliphatic carbocycles. The Morgan fingerprint density at radius 3 is 2.17 bits per heavy atom. The van der Waals surface area contributed by atoms with Crippen LogP contribution in [-0.4, -0.2) is 60.7 Å². The summed E-state index contributed by atoms with van der Waals surface area (Å²) in [6.45, 7) is 9.37. The molecule has 1 N–H and O–H groups in total. The summed E-state index contributed by atoms with van der Waals surface area (Å²) in [5.74, 6) is -0.0338. The molecule has 11 heteroatoms. The predicted octanol–water partition coefficient (Wildman–Crippen LogP) is 6.00. The van der Waals surface area contributed by atoms with Gasteiger partial charge in [0, 0.05) is 49.7 Å². The van der Waals surface area contributed by atoms with Gasteiger partial charge in [-0.25, -0.2) is 0 Å². The van der Waals surface area contributed by atoms with Gasteiger partial charge in [-0.1, -0.05) is 32.9 Å². The van der Waals surface area contributed by atoms with Crippen LogP contribution in [0.5, 0.6) is 0 Å². The fourth-order valence-corrected chi connectivity index (χ4v) is 5.29. The molecule has 0 spiro atoms. The molecule has 1 amide bonds. The van der Waals surface area contributed by atoms with Crippen molar-refractivity contribution in [3.05, 3.63) is 63.7 Å². The van der Waals surface area contributed by atoms with Crippen LogP contribution >= 0.6 is 0 Å². The smallest absolute Gasteiger partial charge is 0.382 e. The zero-order valence-electron chi connectivity index (χ0n) is 23.2. The molecule has 0 bridgehead atoms. The van der Waals surface area contributed by atoms with Crippen LogP contribution in [0, 0.1) is 10.1 Å². The monoisotopic (exact) mass is 562 g/mol. The van der Waals surface area contributed by atoms with Crippen molar-refractivity contribution in [3.8, 4) is 0 Å². The highest BCUT2D eigenvalue weighted by molar-refractivity contribution is 5.77. The molecule has 1 heterocycles. The third-order valence-corrected chi connectivity index (χ3v) is 7.72. The number of rotatable bonds is 7. The molecule has 0 aromatic heterocycles. The van der Waals surface area contributed by atoms with Crippen LogP contribution in [-0.2, 0) is 21.1 Å². The van der Waals surface area contributed by atoms with Crippen molar-refractivity contribution in [2.45, 2.75) is 70.2 Å². The second kappa shape index (κ2) is 12.0. The lowest BCUT2D eigenvalue weighted by atomic mass is 9.87. The number of amides is 1. The largest absolute Gasteiger partial charge is 0.423 e. The van der Waals surface area contributed by atoms with Crippen molar-refractivity contribution in [1.29, 1.82) is 0 Å². The van der Waals surface area contributed by atoms with Gasteiger partial charge < -0.3 is 19.9 Å². The maximum atomic E-state index is 13.3. The Bertz CT molecular complexity index is 1180. The molecule has 4 rings (SSSR count). The maximum Gasteiger partial charge on any atom is 0.423 e. The fourth-order valence-electron chi connectivity index (χ4n) is 5.29. The van der Waals surface area contributed by atoms with Gasteiger partial charge in [-0.15, -0.1) is 0 Å². The third kappa shape index (κ3) is 7.44. The topological polar surface area (TPSA) is 88.0 Å². The van der Waals surface area contributed by atoms with E-state index < -0.39 is 22.4 Å². The molecule has 0 radical (unpaired) electrons. The number of piperazine rings is 1. The number of alkyl halides is 3. The molecule has 1 aliphatic heterocycles. The number of hydrogen-bond donors (Lipinski definition) is 1. The molecule has 2 aliphatic rings. The Hall–Kier alpha value is -3.34. The number of benzene rings is 2. The van der Waals surface area contributed by atoms with Gasteiger partial charge in [0.25, 0.3) is 5.69 Å². The van der Waals surface area contributed by atoms with Crippen molar-refractivity contribution < 1.29 is 27.6 Å². The van der Waals surface area contributed by atoms with Crippen molar-refractivity contribution in [2.24, 2.45) is 0 Å². The Morgan fingerprint density at radius 1 is 1.00 bits per heavy atom. The van der Waals surface area contributed by atoms with Gasteiger partial charge in [0.2, 0.25) is 5.91 Å². The number of carbonyl (C=O) groups is 1. The minimum absolute atomic E-state index is 0.0142. The van der Waals surface area contributed by atoms with Crippen LogP contribution in [0.15, 0.2) is 42.5 Å². The highest BCUT2D eigenvalue weighted by Gasteiger charge is 2.38. The summed E-state index contributed by atoms with van der Waals surface area (Å²) >= 11 is 0. The summed E-state index contributed by atoms with van der Waals surface area (Å²) in [6.07, 6.45) is -2.26.